The highest BCUT2D eigenvalue weighted by atomic mass is 16.7. The van der Waals surface area contributed by atoms with Crippen LogP contribution in [0.1, 0.15) is 31.2 Å². The Balaban J connectivity index is 1.72. The third-order valence-corrected chi connectivity index (χ3v) is 4.32. The van der Waals surface area contributed by atoms with Gasteiger partial charge < -0.3 is 20.1 Å². The fraction of sp³-hybridized carbons (Fsp3) is 0.562. The number of nitrogens with zero attached hydrogens (tertiary/aromatic N) is 1. The van der Waals surface area contributed by atoms with Gasteiger partial charge in [-0.2, -0.15) is 0 Å². The third-order valence-electron chi connectivity index (χ3n) is 4.32. The maximum Gasteiger partial charge on any atom is 0.230 e. The van der Waals surface area contributed by atoms with Crippen molar-refractivity contribution in [2.75, 3.05) is 32.0 Å². The van der Waals surface area contributed by atoms with Gasteiger partial charge in [0.15, 0.2) is 5.79 Å². The van der Waals surface area contributed by atoms with Crippen molar-refractivity contribution in [3.05, 3.63) is 29.8 Å². The molecule has 114 valence electrons. The highest BCUT2D eigenvalue weighted by Crippen LogP contribution is 2.31. The van der Waals surface area contributed by atoms with Crippen LogP contribution in [0.5, 0.6) is 0 Å². The van der Waals surface area contributed by atoms with Crippen LogP contribution in [0.3, 0.4) is 0 Å². The van der Waals surface area contributed by atoms with Crippen molar-refractivity contribution >= 4 is 11.6 Å². The first-order valence-corrected chi connectivity index (χ1v) is 7.52. The lowest BCUT2D eigenvalue weighted by atomic mass is 9.96. The zero-order valence-electron chi connectivity index (χ0n) is 12.4. The molecule has 3 rings (SSSR count). The molecule has 1 amide bonds. The maximum atomic E-state index is 12.7. The second-order valence-electron chi connectivity index (χ2n) is 5.86. The van der Waals surface area contributed by atoms with Gasteiger partial charge in [0.25, 0.3) is 0 Å². The normalized spacial score (nSPS) is 22.4. The van der Waals surface area contributed by atoms with Crippen LogP contribution in [0.15, 0.2) is 24.3 Å². The van der Waals surface area contributed by atoms with Gasteiger partial charge in [0.1, 0.15) is 0 Å². The lowest BCUT2D eigenvalue weighted by Crippen LogP contribution is -2.51. The molecule has 0 bridgehead atoms. The molecule has 1 spiro atoms. The van der Waals surface area contributed by atoms with Crippen LogP contribution in [0.25, 0.3) is 0 Å². The summed E-state index contributed by atoms with van der Waals surface area (Å²) in [4.78, 5) is 14.6. The largest absolute Gasteiger partial charge is 0.399 e. The van der Waals surface area contributed by atoms with E-state index in [2.05, 4.69) is 0 Å². The molecule has 0 saturated carbocycles. The van der Waals surface area contributed by atoms with E-state index >= 15 is 0 Å². The fourth-order valence-corrected chi connectivity index (χ4v) is 3.15. The topological polar surface area (TPSA) is 64.8 Å². The SMILES string of the molecule is CC(C(=O)N1CCCC2(C1)OCCO2)c1cccc(N)c1. The summed E-state index contributed by atoms with van der Waals surface area (Å²) in [5, 5.41) is 0. The summed E-state index contributed by atoms with van der Waals surface area (Å²) in [5.41, 5.74) is 7.44. The number of hydrogen-bond donors (Lipinski definition) is 1. The number of benzene rings is 1. The molecule has 21 heavy (non-hydrogen) atoms. The molecule has 5 nitrogen and oxygen atoms in total. The highest BCUT2D eigenvalue weighted by molar-refractivity contribution is 5.83. The molecule has 0 aliphatic carbocycles. The molecule has 2 heterocycles. The van der Waals surface area contributed by atoms with E-state index < -0.39 is 5.79 Å². The Hall–Kier alpha value is -1.59. The molecule has 1 atom stereocenters. The van der Waals surface area contributed by atoms with Crippen molar-refractivity contribution in [2.24, 2.45) is 0 Å². The highest BCUT2D eigenvalue weighted by Gasteiger charge is 2.42. The molecule has 5 heteroatoms. The van der Waals surface area contributed by atoms with Crippen LogP contribution in [0, 0.1) is 0 Å². The van der Waals surface area contributed by atoms with E-state index in [4.69, 9.17) is 15.2 Å². The van der Waals surface area contributed by atoms with E-state index in [1.165, 1.54) is 0 Å². The van der Waals surface area contributed by atoms with Crippen LogP contribution in [0.4, 0.5) is 5.69 Å². The van der Waals surface area contributed by atoms with Crippen molar-refractivity contribution in [3.8, 4) is 0 Å². The number of hydrogen-bond acceptors (Lipinski definition) is 4. The molecule has 2 saturated heterocycles. The summed E-state index contributed by atoms with van der Waals surface area (Å²) >= 11 is 0. The molecule has 0 radical (unpaired) electrons. The Morgan fingerprint density at radius 1 is 1.38 bits per heavy atom. The van der Waals surface area contributed by atoms with Gasteiger partial charge in [-0.15, -0.1) is 0 Å². The van der Waals surface area contributed by atoms with Crippen LogP contribution >= 0.6 is 0 Å². The first-order valence-electron chi connectivity index (χ1n) is 7.52. The van der Waals surface area contributed by atoms with E-state index in [0.29, 0.717) is 25.4 Å². The van der Waals surface area contributed by atoms with Gasteiger partial charge in [-0.3, -0.25) is 4.79 Å². The van der Waals surface area contributed by atoms with E-state index in [9.17, 15) is 4.79 Å². The maximum absolute atomic E-state index is 12.7. The minimum Gasteiger partial charge on any atom is -0.399 e. The molecular weight excluding hydrogens is 268 g/mol. The Labute approximate surface area is 125 Å². The number of carbonyl (C=O) groups is 1. The Morgan fingerprint density at radius 2 is 2.14 bits per heavy atom. The average Bonchev–Trinajstić information content (AvgIpc) is 2.93. The van der Waals surface area contributed by atoms with Crippen molar-refractivity contribution in [1.29, 1.82) is 0 Å². The molecular formula is C16H22N2O3. The molecule has 2 aliphatic rings. The van der Waals surface area contributed by atoms with Gasteiger partial charge >= 0.3 is 0 Å². The number of amides is 1. The minimum atomic E-state index is -0.566. The molecule has 1 unspecified atom stereocenters. The Bertz CT molecular complexity index is 526. The standard InChI is InChI=1S/C16H22N2O3/c1-12(13-4-2-5-14(17)10-13)15(19)18-7-3-6-16(11-18)20-8-9-21-16/h2,4-5,10,12H,3,6-9,11,17H2,1H3. The van der Waals surface area contributed by atoms with Gasteiger partial charge in [0.2, 0.25) is 5.91 Å². The van der Waals surface area contributed by atoms with Crippen LogP contribution < -0.4 is 5.73 Å². The van der Waals surface area contributed by atoms with E-state index in [1.54, 1.807) is 0 Å². The zero-order chi connectivity index (χ0) is 14.9. The first kappa shape index (κ1) is 14.4. The monoisotopic (exact) mass is 290 g/mol. The summed E-state index contributed by atoms with van der Waals surface area (Å²) in [6, 6.07) is 7.53. The molecule has 0 aromatic heterocycles. The van der Waals surface area contributed by atoms with Crippen molar-refractivity contribution in [3.63, 3.8) is 0 Å². The van der Waals surface area contributed by atoms with Crippen LogP contribution in [-0.4, -0.2) is 42.9 Å². The van der Waals surface area contributed by atoms with Gasteiger partial charge in [-0.05, 0) is 31.0 Å². The van der Waals surface area contributed by atoms with Gasteiger partial charge in [-0.25, -0.2) is 0 Å². The molecule has 1 aromatic rings. The lowest BCUT2D eigenvalue weighted by molar-refractivity contribution is -0.193. The van der Waals surface area contributed by atoms with Crippen molar-refractivity contribution in [1.82, 2.24) is 4.90 Å². The number of rotatable bonds is 2. The summed E-state index contributed by atoms with van der Waals surface area (Å²) in [5.74, 6) is -0.660. The summed E-state index contributed by atoms with van der Waals surface area (Å²) < 4.78 is 11.5. The number of anilines is 1. The van der Waals surface area contributed by atoms with Crippen LogP contribution in [-0.2, 0) is 14.3 Å². The molecule has 1 aromatic carbocycles. The smallest absolute Gasteiger partial charge is 0.230 e. The number of nitrogen functional groups attached to an aromatic ring is 1. The fourth-order valence-electron chi connectivity index (χ4n) is 3.15. The van der Waals surface area contributed by atoms with Gasteiger partial charge in [-0.1, -0.05) is 12.1 Å². The molecule has 2 N–H and O–H groups in total. The third kappa shape index (κ3) is 2.89. The minimum absolute atomic E-state index is 0.110. The number of nitrogens with two attached hydrogens (primary N) is 1. The summed E-state index contributed by atoms with van der Waals surface area (Å²) in [6.07, 6.45) is 1.78. The predicted molar refractivity (Wildman–Crippen MR) is 79.7 cm³/mol. The summed E-state index contributed by atoms with van der Waals surface area (Å²) in [6.45, 7) is 4.45. The van der Waals surface area contributed by atoms with Crippen molar-refractivity contribution < 1.29 is 14.3 Å². The Morgan fingerprint density at radius 3 is 2.86 bits per heavy atom. The molecule has 2 fully saturated rings. The van der Waals surface area contributed by atoms with E-state index in [1.807, 2.05) is 36.1 Å². The average molecular weight is 290 g/mol. The predicted octanol–water partition coefficient (Wildman–Crippen LogP) is 1.74. The van der Waals surface area contributed by atoms with Crippen molar-refractivity contribution in [2.45, 2.75) is 31.5 Å². The number of carbonyl (C=O) groups excluding carboxylic acids is 1. The second kappa shape index (κ2) is 5.66. The van der Waals surface area contributed by atoms with E-state index in [-0.39, 0.29) is 11.8 Å². The number of likely N-dealkylation sites (tertiary alicyclic amines) is 1. The second-order valence-corrected chi connectivity index (χ2v) is 5.86. The number of piperidine rings is 1. The first-order chi connectivity index (χ1) is 10.1. The quantitative estimate of drug-likeness (QED) is 0.843. The lowest BCUT2D eigenvalue weighted by Gasteiger charge is -2.39. The number of ether oxygens (including phenoxy) is 2. The van der Waals surface area contributed by atoms with E-state index in [0.717, 1.165) is 24.9 Å². The van der Waals surface area contributed by atoms with Gasteiger partial charge in [0, 0.05) is 18.7 Å². The van der Waals surface area contributed by atoms with Crippen LogP contribution in [0.2, 0.25) is 0 Å². The summed E-state index contributed by atoms with van der Waals surface area (Å²) in [7, 11) is 0. The zero-order valence-corrected chi connectivity index (χ0v) is 12.4. The van der Waals surface area contributed by atoms with Gasteiger partial charge in [0.05, 0.1) is 25.7 Å². The molecule has 2 aliphatic heterocycles. The Kier molecular flexibility index (Phi) is 3.87.